The van der Waals surface area contributed by atoms with E-state index in [-0.39, 0.29) is 29.0 Å². The van der Waals surface area contributed by atoms with Gasteiger partial charge in [-0.1, -0.05) is 11.6 Å². The lowest BCUT2D eigenvalue weighted by Crippen LogP contribution is -2.34. The van der Waals surface area contributed by atoms with Gasteiger partial charge in [0.05, 0.1) is 18.8 Å². The molecule has 1 aromatic carbocycles. The number of aliphatic hydroxyl groups excluding tert-OH is 1. The molecule has 0 bridgehead atoms. The molecule has 0 spiro atoms. The summed E-state index contributed by atoms with van der Waals surface area (Å²) in [4.78, 5) is 24.3. The maximum absolute atomic E-state index is 13.4. The lowest BCUT2D eigenvalue weighted by atomic mass is 10.2. The molecule has 2 amide bonds. The van der Waals surface area contributed by atoms with Crippen LogP contribution in [0.25, 0.3) is 0 Å². The first-order valence-corrected chi connectivity index (χ1v) is 6.82. The summed E-state index contributed by atoms with van der Waals surface area (Å²) in [5.41, 5.74) is -0.226. The molecule has 1 aromatic rings. The van der Waals surface area contributed by atoms with Crippen molar-refractivity contribution < 1.29 is 23.5 Å². The minimum absolute atomic E-state index is 0.0752. The Bertz CT molecular complexity index is 666. The molecule has 0 aliphatic carbocycles. The minimum Gasteiger partial charge on any atom is -0.395 e. The number of β-amino-alcohol motifs (C(OH)–C–C–N with tert-alkyl or cyclic N) is 1. The third-order valence-electron chi connectivity index (χ3n) is 2.71. The molecule has 0 saturated heterocycles. The average molecular weight is 382 g/mol. The van der Waals surface area contributed by atoms with E-state index in [1.165, 1.54) is 0 Å². The zero-order chi connectivity index (χ0) is 15.7. The van der Waals surface area contributed by atoms with Gasteiger partial charge in [0.1, 0.15) is 10.7 Å². The molecule has 0 radical (unpaired) electrons. The highest BCUT2D eigenvalue weighted by Gasteiger charge is 2.31. The predicted molar refractivity (Wildman–Crippen MR) is 74.6 cm³/mol. The highest BCUT2D eigenvalue weighted by molar-refractivity contribution is 9.10. The molecule has 0 atom stereocenters. The van der Waals surface area contributed by atoms with Gasteiger partial charge in [-0.05, 0) is 22.0 Å². The lowest BCUT2D eigenvalue weighted by Gasteiger charge is -2.15. The van der Waals surface area contributed by atoms with Gasteiger partial charge in [0.25, 0.3) is 11.8 Å². The molecule has 21 heavy (non-hydrogen) atoms. The topological polar surface area (TPSA) is 69.6 Å². The fraction of sp³-hybridized carbons (Fsp3) is 0.167. The maximum atomic E-state index is 13.4. The number of imide groups is 1. The van der Waals surface area contributed by atoms with Gasteiger partial charge in [0, 0.05) is 10.5 Å². The van der Waals surface area contributed by atoms with Crippen LogP contribution >= 0.6 is 27.5 Å². The zero-order valence-electron chi connectivity index (χ0n) is 10.3. The van der Waals surface area contributed by atoms with Crippen LogP contribution in [0.15, 0.2) is 22.3 Å². The Labute approximate surface area is 131 Å². The Morgan fingerprint density at radius 1 is 1.38 bits per heavy atom. The van der Waals surface area contributed by atoms with Crippen LogP contribution in [-0.4, -0.2) is 35.0 Å². The molecule has 0 unspecified atom stereocenters. The number of aliphatic hydroxyl groups is 1. The second-order valence-corrected chi connectivity index (χ2v) is 5.28. The molecule has 9 heteroatoms. The monoisotopic (exact) mass is 380 g/mol. The first kappa shape index (κ1) is 15.9. The average Bonchev–Trinajstić information content (AvgIpc) is 2.69. The Balaban J connectivity index is 2.32. The number of hydrogen-bond donors (Lipinski definition) is 2. The van der Waals surface area contributed by atoms with Crippen molar-refractivity contribution in [1.82, 2.24) is 4.90 Å². The fourth-order valence-electron chi connectivity index (χ4n) is 1.73. The van der Waals surface area contributed by atoms with Gasteiger partial charge in [-0.2, -0.15) is 0 Å². The van der Waals surface area contributed by atoms with Gasteiger partial charge in [0.15, 0.2) is 11.6 Å². The number of carbonyl (C=O) groups excluding carboxylic acids is 2. The number of amides is 2. The summed E-state index contributed by atoms with van der Waals surface area (Å²) in [5.74, 6) is -3.73. The molecular formula is C12H8BrClF2N2O3. The molecule has 1 heterocycles. The molecule has 5 nitrogen and oxygen atoms in total. The van der Waals surface area contributed by atoms with Crippen molar-refractivity contribution in [3.05, 3.63) is 39.0 Å². The van der Waals surface area contributed by atoms with Gasteiger partial charge >= 0.3 is 0 Å². The normalized spacial score (nSPS) is 14.7. The van der Waals surface area contributed by atoms with Crippen LogP contribution in [0.1, 0.15) is 0 Å². The van der Waals surface area contributed by atoms with E-state index in [0.29, 0.717) is 0 Å². The van der Waals surface area contributed by atoms with E-state index < -0.39 is 28.5 Å². The van der Waals surface area contributed by atoms with E-state index >= 15 is 0 Å². The van der Waals surface area contributed by atoms with Crippen LogP contribution < -0.4 is 5.32 Å². The Hall–Kier alpha value is -1.51. The van der Waals surface area contributed by atoms with Crippen molar-refractivity contribution in [3.63, 3.8) is 0 Å². The van der Waals surface area contributed by atoms with Gasteiger partial charge in [0.2, 0.25) is 0 Å². The van der Waals surface area contributed by atoms with E-state index in [2.05, 4.69) is 21.2 Å². The summed E-state index contributed by atoms with van der Waals surface area (Å²) in [6.07, 6.45) is 0.988. The summed E-state index contributed by atoms with van der Waals surface area (Å²) in [6.45, 7) is -0.541. The molecule has 0 aromatic heterocycles. The summed E-state index contributed by atoms with van der Waals surface area (Å²) in [6, 6.07) is 0.844. The number of benzene rings is 1. The molecule has 2 N–H and O–H groups in total. The van der Waals surface area contributed by atoms with E-state index in [1.54, 1.807) is 0 Å². The van der Waals surface area contributed by atoms with Crippen molar-refractivity contribution in [2.24, 2.45) is 0 Å². The number of hydrogen-bond acceptors (Lipinski definition) is 4. The summed E-state index contributed by atoms with van der Waals surface area (Å²) in [5, 5.41) is 10.7. The highest BCUT2D eigenvalue weighted by Crippen LogP contribution is 2.35. The Morgan fingerprint density at radius 3 is 2.67 bits per heavy atom. The second kappa shape index (κ2) is 6.08. The number of carbonyl (C=O) groups is 2. The van der Waals surface area contributed by atoms with E-state index in [9.17, 15) is 18.4 Å². The van der Waals surface area contributed by atoms with Crippen molar-refractivity contribution in [3.8, 4) is 0 Å². The molecule has 1 aliphatic heterocycles. The standard InChI is InChI=1S/C12H8BrClF2N2O3/c13-5-3-6(15)10(16)9(14)11(5)17-7-4-8(20)18(1-2-19)12(7)21/h3-4,17,19H,1-2H2. The smallest absolute Gasteiger partial charge is 0.277 e. The van der Waals surface area contributed by atoms with E-state index in [4.69, 9.17) is 16.7 Å². The molecule has 0 fully saturated rings. The third kappa shape index (κ3) is 2.92. The zero-order valence-corrected chi connectivity index (χ0v) is 12.6. The molecule has 112 valence electrons. The van der Waals surface area contributed by atoms with Crippen LogP contribution in [0.5, 0.6) is 0 Å². The second-order valence-electron chi connectivity index (χ2n) is 4.04. The van der Waals surface area contributed by atoms with Gasteiger partial charge in [-0.3, -0.25) is 14.5 Å². The number of nitrogens with one attached hydrogen (secondary N) is 1. The quantitative estimate of drug-likeness (QED) is 0.476. The first-order chi connectivity index (χ1) is 9.86. The van der Waals surface area contributed by atoms with Crippen molar-refractivity contribution in [2.75, 3.05) is 18.5 Å². The van der Waals surface area contributed by atoms with E-state index in [1.807, 2.05) is 0 Å². The highest BCUT2D eigenvalue weighted by atomic mass is 79.9. The SMILES string of the molecule is O=C1C=C(Nc2c(Br)cc(F)c(F)c2Cl)C(=O)N1CCO. The lowest BCUT2D eigenvalue weighted by molar-refractivity contribution is -0.137. The van der Waals surface area contributed by atoms with Gasteiger partial charge in [-0.15, -0.1) is 0 Å². The Kier molecular flexibility index (Phi) is 4.60. The van der Waals surface area contributed by atoms with Crippen LogP contribution in [0.3, 0.4) is 0 Å². The number of halogens is 4. The largest absolute Gasteiger partial charge is 0.395 e. The predicted octanol–water partition coefficient (Wildman–Crippen LogP) is 2.04. The molecule has 1 aliphatic rings. The number of rotatable bonds is 4. The number of nitrogens with zero attached hydrogens (tertiary/aromatic N) is 1. The molecule has 0 saturated carbocycles. The molecule has 2 rings (SSSR count). The minimum atomic E-state index is -1.27. The van der Waals surface area contributed by atoms with Gasteiger partial charge < -0.3 is 10.4 Å². The summed E-state index contributed by atoms with van der Waals surface area (Å²) < 4.78 is 26.7. The first-order valence-electron chi connectivity index (χ1n) is 5.65. The van der Waals surface area contributed by atoms with Crippen molar-refractivity contribution in [1.29, 1.82) is 0 Å². The molecular weight excluding hydrogens is 373 g/mol. The van der Waals surface area contributed by atoms with Crippen LogP contribution in [0.2, 0.25) is 5.02 Å². The van der Waals surface area contributed by atoms with Gasteiger partial charge in [-0.25, -0.2) is 8.78 Å². The maximum Gasteiger partial charge on any atom is 0.277 e. The third-order valence-corrected chi connectivity index (χ3v) is 3.69. The fourth-order valence-corrected chi connectivity index (χ4v) is 2.58. The van der Waals surface area contributed by atoms with Crippen molar-refractivity contribution >= 4 is 45.0 Å². The van der Waals surface area contributed by atoms with Crippen molar-refractivity contribution in [2.45, 2.75) is 0 Å². The Morgan fingerprint density at radius 2 is 2.05 bits per heavy atom. The van der Waals surface area contributed by atoms with Crippen LogP contribution in [0.4, 0.5) is 14.5 Å². The summed E-state index contributed by atoms with van der Waals surface area (Å²) in [7, 11) is 0. The van der Waals surface area contributed by atoms with Crippen LogP contribution in [0, 0.1) is 11.6 Å². The van der Waals surface area contributed by atoms with E-state index in [0.717, 1.165) is 17.0 Å². The summed E-state index contributed by atoms with van der Waals surface area (Å²) >= 11 is 8.67. The number of anilines is 1. The van der Waals surface area contributed by atoms with Crippen LogP contribution in [-0.2, 0) is 9.59 Å².